The number of halogens is 1. The van der Waals surface area contributed by atoms with Crippen LogP contribution in [0.1, 0.15) is 18.4 Å². The molecule has 1 aromatic carbocycles. The second-order valence-corrected chi connectivity index (χ2v) is 10.8. The maximum Gasteiger partial charge on any atom is 0.230 e. The molecule has 0 aliphatic carbocycles. The molecular formula is C17H23BrN2O3S2. The molecule has 1 aromatic rings. The molecule has 2 atom stereocenters. The Morgan fingerprint density at radius 3 is 2.72 bits per heavy atom. The Morgan fingerprint density at radius 1 is 1.32 bits per heavy atom. The van der Waals surface area contributed by atoms with Gasteiger partial charge in [-0.2, -0.15) is 0 Å². The van der Waals surface area contributed by atoms with Gasteiger partial charge in [0.05, 0.1) is 23.3 Å². The van der Waals surface area contributed by atoms with Crippen molar-refractivity contribution in [3.05, 3.63) is 28.2 Å². The summed E-state index contributed by atoms with van der Waals surface area (Å²) in [5.74, 6) is 0.420. The van der Waals surface area contributed by atoms with Crippen LogP contribution in [0.25, 0.3) is 0 Å². The Bertz CT molecular complexity index is 748. The Morgan fingerprint density at radius 2 is 2.04 bits per heavy atom. The third kappa shape index (κ3) is 4.99. The monoisotopic (exact) mass is 446 g/mol. The second kappa shape index (κ2) is 7.98. The van der Waals surface area contributed by atoms with Crippen molar-refractivity contribution in [2.45, 2.75) is 36.7 Å². The predicted octanol–water partition coefficient (Wildman–Crippen LogP) is 2.23. The van der Waals surface area contributed by atoms with E-state index < -0.39 is 9.84 Å². The van der Waals surface area contributed by atoms with Gasteiger partial charge in [-0.15, -0.1) is 11.8 Å². The lowest BCUT2D eigenvalue weighted by Crippen LogP contribution is -2.50. The summed E-state index contributed by atoms with van der Waals surface area (Å²) in [6, 6.07) is 5.61. The van der Waals surface area contributed by atoms with E-state index in [4.69, 9.17) is 0 Å². The molecule has 2 aliphatic heterocycles. The van der Waals surface area contributed by atoms with E-state index in [2.05, 4.69) is 26.1 Å². The van der Waals surface area contributed by atoms with Gasteiger partial charge in [0.1, 0.15) is 0 Å². The van der Waals surface area contributed by atoms with E-state index in [9.17, 15) is 13.2 Å². The van der Waals surface area contributed by atoms with Crippen molar-refractivity contribution in [3.63, 3.8) is 0 Å². The fourth-order valence-electron chi connectivity index (χ4n) is 3.57. The third-order valence-corrected chi connectivity index (χ3v) is 8.16. The maximum atomic E-state index is 12.4. The van der Waals surface area contributed by atoms with Crippen molar-refractivity contribution in [1.29, 1.82) is 0 Å². The van der Waals surface area contributed by atoms with Crippen molar-refractivity contribution in [1.82, 2.24) is 10.2 Å². The van der Waals surface area contributed by atoms with Gasteiger partial charge < -0.3 is 5.32 Å². The molecule has 5 nitrogen and oxygen atoms in total. The van der Waals surface area contributed by atoms with E-state index in [0.717, 1.165) is 40.9 Å². The largest absolute Gasteiger partial charge is 0.350 e. The highest BCUT2D eigenvalue weighted by molar-refractivity contribution is 9.10. The van der Waals surface area contributed by atoms with Gasteiger partial charge in [-0.25, -0.2) is 8.42 Å². The summed E-state index contributed by atoms with van der Waals surface area (Å²) < 4.78 is 25.1. The number of benzene rings is 1. The van der Waals surface area contributed by atoms with Crippen LogP contribution in [0.2, 0.25) is 0 Å². The molecule has 138 valence electrons. The van der Waals surface area contributed by atoms with Crippen LogP contribution >= 0.6 is 27.7 Å². The van der Waals surface area contributed by atoms with Crippen molar-refractivity contribution >= 4 is 43.4 Å². The van der Waals surface area contributed by atoms with E-state index in [0.29, 0.717) is 5.75 Å². The van der Waals surface area contributed by atoms with Crippen LogP contribution in [-0.2, 0) is 14.6 Å². The van der Waals surface area contributed by atoms with Gasteiger partial charge in [-0.3, -0.25) is 9.69 Å². The van der Waals surface area contributed by atoms with Crippen molar-refractivity contribution in [2.24, 2.45) is 0 Å². The summed E-state index contributed by atoms with van der Waals surface area (Å²) in [5.41, 5.74) is 1.12. The minimum atomic E-state index is -3.07. The summed E-state index contributed by atoms with van der Waals surface area (Å²) in [6.07, 6.45) is 2.21. The van der Waals surface area contributed by atoms with Crippen LogP contribution in [0, 0.1) is 6.92 Å². The Balaban J connectivity index is 1.59. The number of amides is 1. The number of rotatable bonds is 5. The van der Waals surface area contributed by atoms with E-state index in [1.807, 2.05) is 25.1 Å². The topological polar surface area (TPSA) is 66.5 Å². The lowest BCUT2D eigenvalue weighted by atomic mass is 10.1. The van der Waals surface area contributed by atoms with Crippen molar-refractivity contribution in [3.8, 4) is 0 Å². The highest BCUT2D eigenvalue weighted by Crippen LogP contribution is 2.26. The van der Waals surface area contributed by atoms with Gasteiger partial charge >= 0.3 is 0 Å². The first-order chi connectivity index (χ1) is 11.8. The molecule has 0 radical (unpaired) electrons. The normalized spacial score (nSPS) is 26.0. The number of nitrogens with one attached hydrogen (secondary N) is 1. The molecule has 2 unspecified atom stereocenters. The lowest BCUT2D eigenvalue weighted by Gasteiger charge is -2.28. The standard InChI is InChI=1S/C17H23BrN2O3S2/c1-12-8-13(18)4-5-16(12)24-9-17(21)19-14-10-25(22,23)11-15(14)20-6-2-3-7-20/h4-5,8,14-15H,2-3,6-7,9-11H2,1H3,(H,19,21). The molecular weight excluding hydrogens is 424 g/mol. The molecule has 2 fully saturated rings. The Kier molecular flexibility index (Phi) is 6.13. The number of hydrogen-bond donors (Lipinski definition) is 1. The third-order valence-electron chi connectivity index (χ3n) is 4.77. The van der Waals surface area contributed by atoms with E-state index in [1.165, 1.54) is 11.8 Å². The summed E-state index contributed by atoms with van der Waals surface area (Å²) >= 11 is 4.92. The summed E-state index contributed by atoms with van der Waals surface area (Å²) in [5, 5.41) is 2.97. The van der Waals surface area contributed by atoms with Crippen molar-refractivity contribution in [2.75, 3.05) is 30.3 Å². The molecule has 1 amide bonds. The molecule has 25 heavy (non-hydrogen) atoms. The average molecular weight is 447 g/mol. The summed E-state index contributed by atoms with van der Waals surface area (Å²) in [6.45, 7) is 3.87. The Hall–Kier alpha value is -0.570. The van der Waals surface area contributed by atoms with Gasteiger partial charge in [0.15, 0.2) is 9.84 Å². The number of aryl methyl sites for hydroxylation is 1. The first kappa shape index (κ1) is 19.2. The lowest BCUT2D eigenvalue weighted by molar-refractivity contribution is -0.119. The quantitative estimate of drug-likeness (QED) is 0.702. The minimum Gasteiger partial charge on any atom is -0.350 e. The summed E-state index contributed by atoms with van der Waals surface area (Å²) in [4.78, 5) is 15.7. The minimum absolute atomic E-state index is 0.0574. The van der Waals surface area contributed by atoms with Crippen LogP contribution in [0.5, 0.6) is 0 Å². The molecule has 0 saturated carbocycles. The number of likely N-dealkylation sites (tertiary alicyclic amines) is 1. The molecule has 0 spiro atoms. The zero-order chi connectivity index (χ0) is 18.0. The number of carbonyl (C=O) groups excluding carboxylic acids is 1. The van der Waals surface area contributed by atoms with Crippen LogP contribution in [-0.4, -0.2) is 61.7 Å². The highest BCUT2D eigenvalue weighted by atomic mass is 79.9. The van der Waals surface area contributed by atoms with Crippen LogP contribution in [0.15, 0.2) is 27.6 Å². The fraction of sp³-hybridized carbons (Fsp3) is 0.588. The zero-order valence-corrected chi connectivity index (χ0v) is 17.4. The number of thioether (sulfide) groups is 1. The number of hydrogen-bond acceptors (Lipinski definition) is 5. The summed E-state index contributed by atoms with van der Waals surface area (Å²) in [7, 11) is -3.07. The second-order valence-electron chi connectivity index (χ2n) is 6.76. The number of sulfone groups is 1. The van der Waals surface area contributed by atoms with Crippen LogP contribution in [0.3, 0.4) is 0 Å². The fourth-order valence-corrected chi connectivity index (χ4v) is 6.82. The molecule has 2 heterocycles. The van der Waals surface area contributed by atoms with Gasteiger partial charge in [-0.1, -0.05) is 15.9 Å². The Labute approximate surface area is 162 Å². The number of carbonyl (C=O) groups is 1. The van der Waals surface area contributed by atoms with Crippen molar-refractivity contribution < 1.29 is 13.2 Å². The van der Waals surface area contributed by atoms with Gasteiger partial charge in [-0.05, 0) is 56.6 Å². The molecule has 0 aromatic heterocycles. The molecule has 2 saturated heterocycles. The van der Waals surface area contributed by atoms with Gasteiger partial charge in [0.25, 0.3) is 0 Å². The maximum absolute atomic E-state index is 12.4. The highest BCUT2D eigenvalue weighted by Gasteiger charge is 2.42. The molecule has 1 N–H and O–H groups in total. The zero-order valence-electron chi connectivity index (χ0n) is 14.2. The van der Waals surface area contributed by atoms with E-state index in [1.54, 1.807) is 0 Å². The number of nitrogens with zero attached hydrogens (tertiary/aromatic N) is 1. The first-order valence-corrected chi connectivity index (χ1v) is 12.1. The van der Waals surface area contributed by atoms with Crippen LogP contribution in [0.4, 0.5) is 0 Å². The molecule has 2 aliphatic rings. The molecule has 3 rings (SSSR count). The smallest absolute Gasteiger partial charge is 0.230 e. The SMILES string of the molecule is Cc1cc(Br)ccc1SCC(=O)NC1CS(=O)(=O)CC1N1CCCC1. The van der Waals surface area contributed by atoms with Gasteiger partial charge in [0.2, 0.25) is 5.91 Å². The van der Waals surface area contributed by atoms with E-state index in [-0.39, 0.29) is 29.5 Å². The predicted molar refractivity (Wildman–Crippen MR) is 105 cm³/mol. The molecule has 0 bridgehead atoms. The van der Waals surface area contributed by atoms with Crippen LogP contribution < -0.4 is 5.32 Å². The van der Waals surface area contributed by atoms with E-state index >= 15 is 0 Å². The molecule has 8 heteroatoms. The average Bonchev–Trinajstić information content (AvgIpc) is 3.14. The first-order valence-electron chi connectivity index (χ1n) is 8.47. The van der Waals surface area contributed by atoms with Gasteiger partial charge in [0, 0.05) is 15.4 Å².